The molecule has 1 aliphatic heterocycles. The van der Waals surface area contributed by atoms with E-state index in [1.165, 1.54) is 12.8 Å². The van der Waals surface area contributed by atoms with E-state index in [-0.39, 0.29) is 6.03 Å². The topological polar surface area (TPSA) is 44.4 Å². The van der Waals surface area contributed by atoms with Crippen LogP contribution in [0.5, 0.6) is 0 Å². The Balaban J connectivity index is 2.39. The third-order valence-electron chi connectivity index (χ3n) is 2.99. The van der Waals surface area contributed by atoms with Crippen LogP contribution in [-0.2, 0) is 0 Å². The van der Waals surface area contributed by atoms with Crippen molar-refractivity contribution >= 4 is 6.03 Å². The fraction of sp³-hybridized carbons (Fsp3) is 0.917. The fourth-order valence-electron chi connectivity index (χ4n) is 2.20. The number of hydrogen-bond donors (Lipinski definition) is 2. The Morgan fingerprint density at radius 3 is 2.88 bits per heavy atom. The van der Waals surface area contributed by atoms with Gasteiger partial charge in [0.25, 0.3) is 0 Å². The first-order valence-electron chi connectivity index (χ1n) is 6.51. The predicted molar refractivity (Wildman–Crippen MR) is 66.5 cm³/mol. The standard InChI is InChI=1S/C12H25N3O/c1-3-8-15(12(16)14-4-2)10-11-6-5-7-13-9-11/h11,13H,3-10H2,1-2H3,(H,14,16). The van der Waals surface area contributed by atoms with Gasteiger partial charge in [-0.05, 0) is 45.2 Å². The van der Waals surface area contributed by atoms with Crippen molar-refractivity contribution in [2.75, 3.05) is 32.7 Å². The number of urea groups is 1. The molecular formula is C12H25N3O. The summed E-state index contributed by atoms with van der Waals surface area (Å²) in [7, 11) is 0. The van der Waals surface area contributed by atoms with Crippen molar-refractivity contribution in [3.05, 3.63) is 0 Å². The van der Waals surface area contributed by atoms with Gasteiger partial charge in [-0.25, -0.2) is 4.79 Å². The molecule has 1 fully saturated rings. The zero-order chi connectivity index (χ0) is 11.8. The molecule has 4 nitrogen and oxygen atoms in total. The predicted octanol–water partition coefficient (Wildman–Crippen LogP) is 1.43. The monoisotopic (exact) mass is 227 g/mol. The maximum absolute atomic E-state index is 11.8. The summed E-state index contributed by atoms with van der Waals surface area (Å²) in [5.41, 5.74) is 0. The molecule has 16 heavy (non-hydrogen) atoms. The smallest absolute Gasteiger partial charge is 0.317 e. The van der Waals surface area contributed by atoms with Gasteiger partial charge in [0, 0.05) is 19.6 Å². The lowest BCUT2D eigenvalue weighted by Gasteiger charge is -2.30. The second kappa shape index (κ2) is 7.49. The van der Waals surface area contributed by atoms with Crippen molar-refractivity contribution in [1.29, 1.82) is 0 Å². The summed E-state index contributed by atoms with van der Waals surface area (Å²) in [6.45, 7) is 8.73. The molecule has 2 amide bonds. The van der Waals surface area contributed by atoms with E-state index in [0.29, 0.717) is 12.5 Å². The number of piperidine rings is 1. The molecule has 1 saturated heterocycles. The lowest BCUT2D eigenvalue weighted by atomic mass is 9.99. The molecule has 0 saturated carbocycles. The van der Waals surface area contributed by atoms with Gasteiger partial charge in [-0.2, -0.15) is 0 Å². The van der Waals surface area contributed by atoms with Crippen LogP contribution >= 0.6 is 0 Å². The summed E-state index contributed by atoms with van der Waals surface area (Å²) in [5.74, 6) is 0.628. The van der Waals surface area contributed by atoms with Gasteiger partial charge in [-0.15, -0.1) is 0 Å². The summed E-state index contributed by atoms with van der Waals surface area (Å²) in [6.07, 6.45) is 3.50. The highest BCUT2D eigenvalue weighted by Crippen LogP contribution is 2.12. The second-order valence-corrected chi connectivity index (χ2v) is 4.49. The largest absolute Gasteiger partial charge is 0.338 e. The van der Waals surface area contributed by atoms with E-state index in [2.05, 4.69) is 17.6 Å². The van der Waals surface area contributed by atoms with E-state index in [4.69, 9.17) is 0 Å². The molecule has 0 aromatic rings. The van der Waals surface area contributed by atoms with Crippen molar-refractivity contribution in [3.8, 4) is 0 Å². The van der Waals surface area contributed by atoms with Gasteiger partial charge < -0.3 is 15.5 Å². The zero-order valence-corrected chi connectivity index (χ0v) is 10.6. The minimum Gasteiger partial charge on any atom is -0.338 e. The molecule has 1 atom stereocenters. The van der Waals surface area contributed by atoms with E-state index in [9.17, 15) is 4.79 Å². The molecule has 1 heterocycles. The Labute approximate surface area is 98.8 Å². The van der Waals surface area contributed by atoms with Crippen LogP contribution in [-0.4, -0.2) is 43.7 Å². The van der Waals surface area contributed by atoms with Gasteiger partial charge in [-0.1, -0.05) is 6.92 Å². The number of nitrogens with one attached hydrogen (secondary N) is 2. The van der Waals surface area contributed by atoms with Crippen LogP contribution in [0.25, 0.3) is 0 Å². The van der Waals surface area contributed by atoms with Gasteiger partial charge in [0.05, 0.1) is 0 Å². The lowest BCUT2D eigenvalue weighted by molar-refractivity contribution is 0.181. The normalized spacial score (nSPS) is 20.5. The average molecular weight is 227 g/mol. The number of carbonyl (C=O) groups is 1. The van der Waals surface area contributed by atoms with Crippen molar-refractivity contribution < 1.29 is 4.79 Å². The first kappa shape index (κ1) is 13.3. The van der Waals surface area contributed by atoms with Gasteiger partial charge in [0.1, 0.15) is 0 Å². The Hall–Kier alpha value is -0.770. The molecule has 0 aromatic carbocycles. The summed E-state index contributed by atoms with van der Waals surface area (Å²) < 4.78 is 0. The van der Waals surface area contributed by atoms with E-state index in [0.717, 1.165) is 32.6 Å². The molecule has 0 radical (unpaired) electrons. The summed E-state index contributed by atoms with van der Waals surface area (Å²) in [5, 5.41) is 6.28. The van der Waals surface area contributed by atoms with Crippen LogP contribution in [0.4, 0.5) is 4.79 Å². The van der Waals surface area contributed by atoms with E-state index in [1.54, 1.807) is 0 Å². The minimum absolute atomic E-state index is 0.0925. The van der Waals surface area contributed by atoms with Gasteiger partial charge in [0.2, 0.25) is 0 Å². The Kier molecular flexibility index (Phi) is 6.23. The maximum Gasteiger partial charge on any atom is 0.317 e. The van der Waals surface area contributed by atoms with Crippen LogP contribution in [0.3, 0.4) is 0 Å². The van der Waals surface area contributed by atoms with Gasteiger partial charge >= 0.3 is 6.03 Å². The first-order valence-corrected chi connectivity index (χ1v) is 6.51. The molecule has 94 valence electrons. The van der Waals surface area contributed by atoms with Crippen molar-refractivity contribution in [1.82, 2.24) is 15.5 Å². The third-order valence-corrected chi connectivity index (χ3v) is 2.99. The minimum atomic E-state index is 0.0925. The van der Waals surface area contributed by atoms with E-state index < -0.39 is 0 Å². The van der Waals surface area contributed by atoms with Crippen LogP contribution in [0.15, 0.2) is 0 Å². The number of carbonyl (C=O) groups excluding carboxylic acids is 1. The van der Waals surface area contributed by atoms with Crippen LogP contribution in [0.1, 0.15) is 33.1 Å². The zero-order valence-electron chi connectivity index (χ0n) is 10.6. The molecule has 0 aromatic heterocycles. The molecule has 0 bridgehead atoms. The molecular weight excluding hydrogens is 202 g/mol. The van der Waals surface area contributed by atoms with Crippen molar-refractivity contribution in [3.63, 3.8) is 0 Å². The summed E-state index contributed by atoms with van der Waals surface area (Å²) >= 11 is 0. The third kappa shape index (κ3) is 4.39. The quantitative estimate of drug-likeness (QED) is 0.746. The molecule has 4 heteroatoms. The first-order chi connectivity index (χ1) is 7.77. The second-order valence-electron chi connectivity index (χ2n) is 4.49. The fourth-order valence-corrected chi connectivity index (χ4v) is 2.20. The molecule has 0 spiro atoms. The summed E-state index contributed by atoms with van der Waals surface area (Å²) in [6, 6.07) is 0.0925. The molecule has 1 aliphatic rings. The molecule has 1 rings (SSSR count). The number of nitrogens with zero attached hydrogens (tertiary/aromatic N) is 1. The number of hydrogen-bond acceptors (Lipinski definition) is 2. The lowest BCUT2D eigenvalue weighted by Crippen LogP contribution is -2.45. The molecule has 2 N–H and O–H groups in total. The van der Waals surface area contributed by atoms with E-state index >= 15 is 0 Å². The molecule has 0 aliphatic carbocycles. The Bertz CT molecular complexity index is 202. The Morgan fingerprint density at radius 1 is 1.50 bits per heavy atom. The van der Waals surface area contributed by atoms with Crippen LogP contribution in [0.2, 0.25) is 0 Å². The SMILES string of the molecule is CCCN(CC1CCCNC1)C(=O)NCC. The summed E-state index contributed by atoms with van der Waals surface area (Å²) in [4.78, 5) is 13.8. The van der Waals surface area contributed by atoms with Gasteiger partial charge in [0.15, 0.2) is 0 Å². The van der Waals surface area contributed by atoms with Crippen LogP contribution in [0, 0.1) is 5.92 Å². The van der Waals surface area contributed by atoms with E-state index in [1.807, 2.05) is 11.8 Å². The number of rotatable bonds is 5. The average Bonchev–Trinajstić information content (AvgIpc) is 2.30. The highest BCUT2D eigenvalue weighted by molar-refractivity contribution is 5.74. The molecule has 1 unspecified atom stereocenters. The maximum atomic E-state index is 11.8. The van der Waals surface area contributed by atoms with Crippen LogP contribution < -0.4 is 10.6 Å². The highest BCUT2D eigenvalue weighted by atomic mass is 16.2. The highest BCUT2D eigenvalue weighted by Gasteiger charge is 2.19. The van der Waals surface area contributed by atoms with Crippen molar-refractivity contribution in [2.45, 2.75) is 33.1 Å². The Morgan fingerprint density at radius 2 is 2.31 bits per heavy atom. The number of amides is 2. The van der Waals surface area contributed by atoms with Gasteiger partial charge in [-0.3, -0.25) is 0 Å². The van der Waals surface area contributed by atoms with Crippen molar-refractivity contribution in [2.24, 2.45) is 5.92 Å².